The molecule has 15 amide bonds. The van der Waals surface area contributed by atoms with E-state index >= 15 is 38.4 Å². The number of carbonyl (C=O) groups excluding carboxylic acids is 15. The summed E-state index contributed by atoms with van der Waals surface area (Å²) in [6.45, 7) is 15.2. The monoisotopic (exact) mass is 1940 g/mol. The standard InChI is InChI=1S/C102H124N14O17P2S2/c1-59(87(103)118)110-97(128)101(9,10)114-91(122)63(5)107-92(123)84(53-67-54-104-83-52-34-33-43-72(67)83)112-94(125)86(58-135(137,70-39-21-15-22-40-70)71-41-23-16-24-42-71)116(100(131)133-56-82-79-50-31-27-46-75(79)76-47-28-32-51-80(76)82)95(126)64(6)109-89(120)61(3)108-93(124)85(57-134(136,68-35-17-13-18-36-68)69-37-19-14-20-38-69)115(99(130)132-55-81-77-48-29-25-44-73(77)74-45-26-30-49-78(74)81)96(127)65(7)111-98(129)102(11,12)113-90(121)62(4)106-88(119)60(2)105-66(8)117/h13-14,17-20,25-38,43-52,54,59-65,70-71,81-82,84-86,104H,15-16,21-24,39-42,53,55-58H2,1-12H3,(H2,103,118)(H,105,117)(H,106,119)(H,107,123)(H,108,124)(H,109,120)(H,110,128)(H,111,129)(H,112,125)(H,113,121)(H,114,122)/t59-,60-,61-,62-,63-,64-,65-,84-,85+,86-/m0/s1. The number of fused-ring (bicyclic) bond motifs is 7. The first-order valence-electron chi connectivity index (χ1n) is 46.7. The molecule has 137 heavy (non-hydrogen) atoms. The Balaban J connectivity index is 0.924. The highest BCUT2D eigenvalue weighted by molar-refractivity contribution is 8.22. The number of primary amides is 1. The summed E-state index contributed by atoms with van der Waals surface area (Å²) in [6.07, 6.45) is 5.83. The van der Waals surface area contributed by atoms with E-state index in [0.717, 1.165) is 83.0 Å². The lowest BCUT2D eigenvalue weighted by Gasteiger charge is -2.44. The third kappa shape index (κ3) is 24.3. The smallest absolute Gasteiger partial charge is 0.417 e. The van der Waals surface area contributed by atoms with E-state index in [9.17, 15) is 33.6 Å². The molecule has 0 radical (unpaired) electrons. The largest absolute Gasteiger partial charge is 0.448 e. The number of carbonyl (C=O) groups is 15. The fourth-order valence-electron chi connectivity index (χ4n) is 18.7. The number of para-hydroxylation sites is 1. The number of benzene rings is 7. The van der Waals surface area contributed by atoms with Crippen LogP contribution in [-0.4, -0.2) is 212 Å². The van der Waals surface area contributed by atoms with E-state index in [1.165, 1.54) is 83.1 Å². The van der Waals surface area contributed by atoms with Crippen LogP contribution in [0.5, 0.6) is 0 Å². The van der Waals surface area contributed by atoms with Gasteiger partial charge in [0, 0.05) is 60.6 Å². The van der Waals surface area contributed by atoms with Crippen molar-refractivity contribution in [2.45, 2.75) is 248 Å². The number of amides is 15. The van der Waals surface area contributed by atoms with Crippen LogP contribution < -0.4 is 69.5 Å². The minimum Gasteiger partial charge on any atom is -0.448 e. The minimum absolute atomic E-state index is 0.132. The molecule has 10 atom stereocenters. The zero-order valence-corrected chi connectivity index (χ0v) is 82.6. The number of nitrogens with two attached hydrogens (primary N) is 1. The normalized spacial score (nSPS) is 16.1. The Morgan fingerprint density at radius 3 is 1.19 bits per heavy atom. The lowest BCUT2D eigenvalue weighted by Crippen LogP contribution is -2.64. The number of rotatable bonds is 38. The molecular weight excluding hydrogens is 1820 g/mol. The summed E-state index contributed by atoms with van der Waals surface area (Å²) in [5.41, 5.74) is 9.49. The maximum absolute atomic E-state index is 16.9. The van der Waals surface area contributed by atoms with Crippen molar-refractivity contribution in [2.24, 2.45) is 5.73 Å². The van der Waals surface area contributed by atoms with E-state index in [1.54, 1.807) is 72.9 Å². The van der Waals surface area contributed by atoms with Crippen LogP contribution in [0.15, 0.2) is 188 Å². The lowest BCUT2D eigenvalue weighted by molar-refractivity contribution is -0.143. The molecule has 0 unspecified atom stereocenters. The highest BCUT2D eigenvalue weighted by Crippen LogP contribution is 2.64. The predicted molar refractivity (Wildman–Crippen MR) is 532 cm³/mol. The van der Waals surface area contributed by atoms with Crippen molar-refractivity contribution in [3.05, 3.63) is 216 Å². The number of nitrogens with zero attached hydrogens (tertiary/aromatic N) is 2. The number of imide groups is 2. The first-order valence-corrected chi connectivity index (χ1v) is 52.8. The van der Waals surface area contributed by atoms with Crippen molar-refractivity contribution in [2.75, 3.05) is 25.5 Å². The summed E-state index contributed by atoms with van der Waals surface area (Å²) < 4.78 is 12.9. The Kier molecular flexibility index (Phi) is 34.1. The average molecular weight is 1940 g/mol. The molecule has 2 fully saturated rings. The van der Waals surface area contributed by atoms with Crippen LogP contribution in [0.3, 0.4) is 0 Å². The molecule has 0 bridgehead atoms. The average Bonchev–Trinajstić information content (AvgIpc) is 1.71. The Bertz CT molecular complexity index is 5830. The summed E-state index contributed by atoms with van der Waals surface area (Å²) in [7, 11) is 0. The SMILES string of the molecule is CC(=O)N[C@@H](C)C(=O)N[C@@H](C)C(=O)NC(C)(C)C(=O)N[C@@H](C)C(=O)N(C(=O)OCC1c2ccccc2-c2ccccc21)[C@H](CP(=S)(c1ccccc1)c1ccccc1)C(=O)N[C@@H](C)C(=O)N[C@@H](C)C(=O)N(C(=O)OCC1c2ccccc2-c2ccccc21)[C@@H](CP(=S)(C1CCCCC1)C1CCCCC1)C(=O)N[C@@H](Cc1c[nH]c2ccccc12)C(=O)N[C@@H](C)C(=O)NC(C)(C)C(=O)N[C@@H](C)C(N)=O. The third-order valence-corrected chi connectivity index (χ3v) is 37.9. The number of aromatic amines is 1. The van der Waals surface area contributed by atoms with Gasteiger partial charge < -0.3 is 73.4 Å². The zero-order valence-electron chi connectivity index (χ0n) is 79.2. The van der Waals surface area contributed by atoms with Gasteiger partial charge in [-0.25, -0.2) is 19.4 Å². The zero-order chi connectivity index (χ0) is 99.1. The fourth-order valence-corrected chi connectivity index (χ4v) is 28.9. The van der Waals surface area contributed by atoms with E-state index in [4.69, 9.17) is 38.8 Å². The summed E-state index contributed by atoms with van der Waals surface area (Å²) >= 11 is 14.1. The topological polar surface area (TPSA) is 443 Å². The predicted octanol–water partition coefficient (Wildman–Crippen LogP) is 9.59. The van der Waals surface area contributed by atoms with Gasteiger partial charge in [-0.1, -0.05) is 238 Å². The van der Waals surface area contributed by atoms with E-state index in [-0.39, 0.29) is 30.5 Å². The number of nitrogens with one attached hydrogen (secondary N) is 11. The van der Waals surface area contributed by atoms with Crippen molar-refractivity contribution in [3.8, 4) is 22.3 Å². The molecule has 1 heterocycles. The second-order valence-corrected chi connectivity index (χ2v) is 47.6. The third-order valence-electron chi connectivity index (χ3n) is 26.4. The molecule has 0 aliphatic heterocycles. The minimum atomic E-state index is -3.52. The first kappa shape index (κ1) is 103. The number of H-pyrrole nitrogens is 1. The molecular formula is C102H124N14O17P2S2. The van der Waals surface area contributed by atoms with Gasteiger partial charge in [0.15, 0.2) is 0 Å². The molecule has 13 N–H and O–H groups in total. The lowest BCUT2D eigenvalue weighted by atomic mass is 9.98. The Hall–Kier alpha value is -12.6. The molecule has 0 spiro atoms. The van der Waals surface area contributed by atoms with E-state index < -0.39 is 197 Å². The van der Waals surface area contributed by atoms with Crippen LogP contribution in [0.25, 0.3) is 33.2 Å². The van der Waals surface area contributed by atoms with Crippen molar-refractivity contribution in [1.82, 2.24) is 68.0 Å². The molecule has 4 aliphatic carbocycles. The van der Waals surface area contributed by atoms with Gasteiger partial charge in [-0.15, -0.1) is 0 Å². The van der Waals surface area contributed by atoms with Gasteiger partial charge >= 0.3 is 12.2 Å². The molecule has 7 aromatic carbocycles. The number of hydrogen-bond acceptors (Lipinski definition) is 19. The van der Waals surface area contributed by atoms with Crippen molar-refractivity contribution in [3.63, 3.8) is 0 Å². The van der Waals surface area contributed by atoms with E-state index in [1.807, 2.05) is 115 Å². The molecule has 0 saturated heterocycles. The van der Waals surface area contributed by atoms with E-state index in [2.05, 4.69) is 58.2 Å². The molecule has 726 valence electrons. The number of hydrogen-bond donors (Lipinski definition) is 12. The molecule has 12 rings (SSSR count). The summed E-state index contributed by atoms with van der Waals surface area (Å²) in [5, 5.41) is 28.2. The Morgan fingerprint density at radius 2 is 0.759 bits per heavy atom. The van der Waals surface area contributed by atoms with E-state index in [0.29, 0.717) is 62.6 Å². The van der Waals surface area contributed by atoms with Crippen LogP contribution in [0.4, 0.5) is 9.59 Å². The van der Waals surface area contributed by atoms with Crippen LogP contribution in [0, 0.1) is 0 Å². The van der Waals surface area contributed by atoms with Gasteiger partial charge in [0.2, 0.25) is 65.0 Å². The summed E-state index contributed by atoms with van der Waals surface area (Å²) in [4.78, 5) is 228. The van der Waals surface area contributed by atoms with Gasteiger partial charge in [0.1, 0.15) is 84.7 Å². The first-order chi connectivity index (χ1) is 65.1. The summed E-state index contributed by atoms with van der Waals surface area (Å²) in [5.74, 6) is -13.3. The Morgan fingerprint density at radius 1 is 0.409 bits per heavy atom. The van der Waals surface area contributed by atoms with Gasteiger partial charge in [-0.05, 0) is 186 Å². The molecule has 35 heteroatoms. The van der Waals surface area contributed by atoms with Gasteiger partial charge in [0.05, 0.1) is 0 Å². The van der Waals surface area contributed by atoms with Crippen molar-refractivity contribution >= 4 is 146 Å². The second kappa shape index (κ2) is 45.1. The quantitative estimate of drug-likeness (QED) is 0.0160. The van der Waals surface area contributed by atoms with Crippen LogP contribution in [0.2, 0.25) is 0 Å². The Labute approximate surface area is 808 Å². The van der Waals surface area contributed by atoms with Crippen molar-refractivity contribution < 1.29 is 81.4 Å². The highest BCUT2D eigenvalue weighted by atomic mass is 32.4. The number of ether oxygens (including phenoxy) is 2. The molecule has 1 aromatic heterocycles. The second-order valence-electron chi connectivity index (χ2n) is 37.3. The number of aromatic nitrogens is 1. The van der Waals surface area contributed by atoms with Crippen LogP contribution in [-0.2, 0) is 102 Å². The van der Waals surface area contributed by atoms with Crippen LogP contribution in [0.1, 0.15) is 187 Å². The van der Waals surface area contributed by atoms with Crippen molar-refractivity contribution in [1.29, 1.82) is 0 Å². The fraction of sp³-hybridized carbons (Fsp3) is 0.422. The molecule has 31 nitrogen and oxygen atoms in total. The van der Waals surface area contributed by atoms with Gasteiger partial charge in [0.25, 0.3) is 11.8 Å². The van der Waals surface area contributed by atoms with Gasteiger partial charge in [-0.3, -0.25) is 62.3 Å². The van der Waals surface area contributed by atoms with Gasteiger partial charge in [-0.2, -0.15) is 0 Å². The maximum atomic E-state index is 16.9. The molecule has 4 aliphatic rings. The molecule has 2 saturated carbocycles. The van der Waals surface area contributed by atoms with Crippen LogP contribution >= 0.6 is 12.1 Å². The highest BCUT2D eigenvalue weighted by Gasteiger charge is 2.50. The summed E-state index contributed by atoms with van der Waals surface area (Å²) in [6, 6.07) is 32.6. The maximum Gasteiger partial charge on any atom is 0.417 e. The molecule has 8 aromatic rings.